The number of carboxylic acids is 1. The van der Waals surface area contributed by atoms with Crippen LogP contribution in [0.2, 0.25) is 0 Å². The second kappa shape index (κ2) is 11.2. The molecule has 3 unspecified atom stereocenters. The molecule has 0 aliphatic heterocycles. The molecule has 0 aliphatic rings. The lowest BCUT2D eigenvalue weighted by Crippen LogP contribution is -2.41. The number of likely N-dealkylation sites (N-methyl/N-ethyl adjacent to an activating group) is 1. The fraction of sp³-hybridized carbons (Fsp3) is 0.842. The van der Waals surface area contributed by atoms with Gasteiger partial charge >= 0.3 is 17.9 Å². The SMILES string of the molecule is CCC(C)(CC(C)(CC(C)C(=O)OCCO)C(=O)OCCN(C)C)C(=O)O. The van der Waals surface area contributed by atoms with E-state index in [-0.39, 0.29) is 32.7 Å². The Labute approximate surface area is 161 Å². The van der Waals surface area contributed by atoms with Crippen LogP contribution in [0.3, 0.4) is 0 Å². The second-order valence-electron chi connectivity index (χ2n) is 7.89. The summed E-state index contributed by atoms with van der Waals surface area (Å²) in [5, 5.41) is 18.4. The molecule has 0 amide bonds. The van der Waals surface area contributed by atoms with E-state index in [9.17, 15) is 19.5 Å². The first kappa shape index (κ1) is 25.3. The molecule has 0 saturated carbocycles. The first-order valence-corrected chi connectivity index (χ1v) is 9.24. The molecule has 8 nitrogen and oxygen atoms in total. The van der Waals surface area contributed by atoms with Gasteiger partial charge in [0.2, 0.25) is 0 Å². The van der Waals surface area contributed by atoms with Gasteiger partial charge in [0.15, 0.2) is 0 Å². The molecular formula is C19H35NO7. The molecule has 0 aromatic carbocycles. The Balaban J connectivity index is 5.43. The maximum atomic E-state index is 12.8. The standard InChI is InChI=1S/C19H35NO7/c1-7-18(3,16(23)24)13-19(4,17(25)27-10-8-20(5)6)12-14(2)15(22)26-11-9-21/h14,21H,7-13H2,1-6H3,(H,23,24). The molecule has 0 rings (SSSR count). The van der Waals surface area contributed by atoms with Crippen LogP contribution in [0.15, 0.2) is 0 Å². The summed E-state index contributed by atoms with van der Waals surface area (Å²) in [6.45, 7) is 6.93. The zero-order chi connectivity index (χ0) is 21.3. The third kappa shape index (κ3) is 8.26. The third-order valence-corrected chi connectivity index (χ3v) is 4.84. The topological polar surface area (TPSA) is 113 Å². The second-order valence-corrected chi connectivity index (χ2v) is 7.89. The van der Waals surface area contributed by atoms with E-state index in [1.807, 2.05) is 19.0 Å². The zero-order valence-electron chi connectivity index (χ0n) is 17.4. The number of carbonyl (C=O) groups is 3. The first-order valence-electron chi connectivity index (χ1n) is 9.24. The molecule has 158 valence electrons. The van der Waals surface area contributed by atoms with Crippen LogP contribution in [0.1, 0.15) is 47.0 Å². The number of aliphatic carboxylic acids is 1. The van der Waals surface area contributed by atoms with Gasteiger partial charge in [-0.3, -0.25) is 14.4 Å². The highest BCUT2D eigenvalue weighted by molar-refractivity contribution is 5.81. The van der Waals surface area contributed by atoms with Crippen molar-refractivity contribution < 1.29 is 34.1 Å². The molecule has 0 aromatic rings. The van der Waals surface area contributed by atoms with E-state index in [0.717, 1.165) is 0 Å². The molecule has 27 heavy (non-hydrogen) atoms. The van der Waals surface area contributed by atoms with E-state index in [1.54, 1.807) is 27.7 Å². The Morgan fingerprint density at radius 3 is 2.11 bits per heavy atom. The molecule has 0 aliphatic carbocycles. The summed E-state index contributed by atoms with van der Waals surface area (Å²) in [5.74, 6) is -2.69. The van der Waals surface area contributed by atoms with Crippen molar-refractivity contribution in [3.63, 3.8) is 0 Å². The predicted octanol–water partition coefficient (Wildman–Crippen LogP) is 1.55. The van der Waals surface area contributed by atoms with Gasteiger partial charge in [-0.25, -0.2) is 0 Å². The van der Waals surface area contributed by atoms with Gasteiger partial charge in [-0.1, -0.05) is 13.8 Å². The molecule has 0 heterocycles. The Bertz CT molecular complexity index is 508. The van der Waals surface area contributed by atoms with Crippen LogP contribution in [-0.4, -0.2) is 73.5 Å². The lowest BCUT2D eigenvalue weighted by molar-refractivity contribution is -0.164. The molecule has 0 aromatic heterocycles. The zero-order valence-corrected chi connectivity index (χ0v) is 17.4. The first-order chi connectivity index (χ1) is 12.4. The van der Waals surface area contributed by atoms with Crippen molar-refractivity contribution in [2.75, 3.05) is 40.5 Å². The number of carbonyl (C=O) groups excluding carboxylic acids is 2. The number of carboxylic acid groups (broad SMARTS) is 1. The predicted molar refractivity (Wildman–Crippen MR) is 100 cm³/mol. The molecule has 0 saturated heterocycles. The Morgan fingerprint density at radius 2 is 1.67 bits per heavy atom. The highest BCUT2D eigenvalue weighted by Crippen LogP contribution is 2.42. The smallest absolute Gasteiger partial charge is 0.311 e. The minimum absolute atomic E-state index is 0.0459. The van der Waals surface area contributed by atoms with Crippen LogP contribution in [0.25, 0.3) is 0 Å². The summed E-state index contributed by atoms with van der Waals surface area (Å²) in [7, 11) is 3.70. The molecule has 8 heteroatoms. The third-order valence-electron chi connectivity index (χ3n) is 4.84. The van der Waals surface area contributed by atoms with Gasteiger partial charge in [-0.05, 0) is 47.2 Å². The van der Waals surface area contributed by atoms with Crippen molar-refractivity contribution in [2.45, 2.75) is 47.0 Å². The van der Waals surface area contributed by atoms with E-state index < -0.39 is 34.7 Å². The van der Waals surface area contributed by atoms with E-state index in [0.29, 0.717) is 13.0 Å². The van der Waals surface area contributed by atoms with E-state index >= 15 is 0 Å². The van der Waals surface area contributed by atoms with Crippen LogP contribution in [0, 0.1) is 16.7 Å². The maximum absolute atomic E-state index is 12.8. The summed E-state index contributed by atoms with van der Waals surface area (Å²) in [5.41, 5.74) is -2.28. The summed E-state index contributed by atoms with van der Waals surface area (Å²) in [6.07, 6.45) is 0.484. The summed E-state index contributed by atoms with van der Waals surface area (Å²) in [4.78, 5) is 38.5. The molecule has 0 radical (unpaired) electrons. The van der Waals surface area contributed by atoms with Gasteiger partial charge in [0.05, 0.1) is 23.4 Å². The number of aliphatic hydroxyl groups excluding tert-OH is 1. The largest absolute Gasteiger partial charge is 0.481 e. The van der Waals surface area contributed by atoms with Crippen molar-refractivity contribution in [2.24, 2.45) is 16.7 Å². The van der Waals surface area contributed by atoms with Crippen molar-refractivity contribution in [3.05, 3.63) is 0 Å². The van der Waals surface area contributed by atoms with Crippen molar-refractivity contribution in [1.29, 1.82) is 0 Å². The summed E-state index contributed by atoms with van der Waals surface area (Å²) >= 11 is 0. The Hall–Kier alpha value is -1.67. The van der Waals surface area contributed by atoms with Crippen LogP contribution in [0.4, 0.5) is 0 Å². The summed E-state index contributed by atoms with van der Waals surface area (Å²) < 4.78 is 10.3. The van der Waals surface area contributed by atoms with Gasteiger partial charge < -0.3 is 24.6 Å². The van der Waals surface area contributed by atoms with Gasteiger partial charge in [0, 0.05) is 6.54 Å². The molecule has 0 fully saturated rings. The van der Waals surface area contributed by atoms with Gasteiger partial charge in [-0.15, -0.1) is 0 Å². The van der Waals surface area contributed by atoms with Crippen LogP contribution in [0.5, 0.6) is 0 Å². The average Bonchev–Trinajstić information content (AvgIpc) is 2.58. The van der Waals surface area contributed by atoms with E-state index in [1.165, 1.54) is 0 Å². The van der Waals surface area contributed by atoms with Crippen molar-refractivity contribution >= 4 is 17.9 Å². The van der Waals surface area contributed by atoms with E-state index in [2.05, 4.69) is 0 Å². The summed E-state index contributed by atoms with van der Waals surface area (Å²) in [6, 6.07) is 0. The van der Waals surface area contributed by atoms with Gasteiger partial charge in [0.1, 0.15) is 13.2 Å². The molecular weight excluding hydrogens is 354 g/mol. The molecule has 3 atom stereocenters. The number of hydrogen-bond donors (Lipinski definition) is 2. The normalized spacial score (nSPS) is 16.9. The van der Waals surface area contributed by atoms with E-state index in [4.69, 9.17) is 14.6 Å². The fourth-order valence-corrected chi connectivity index (χ4v) is 2.98. The quantitative estimate of drug-likeness (QED) is 0.456. The van der Waals surface area contributed by atoms with Crippen LogP contribution >= 0.6 is 0 Å². The minimum Gasteiger partial charge on any atom is -0.481 e. The number of rotatable bonds is 13. The maximum Gasteiger partial charge on any atom is 0.311 e. The molecule has 2 N–H and O–H groups in total. The molecule has 0 spiro atoms. The minimum atomic E-state index is -1.16. The lowest BCUT2D eigenvalue weighted by Gasteiger charge is -2.36. The number of hydrogen-bond acceptors (Lipinski definition) is 7. The highest BCUT2D eigenvalue weighted by Gasteiger charge is 2.46. The average molecular weight is 389 g/mol. The van der Waals surface area contributed by atoms with Crippen LogP contribution in [-0.2, 0) is 23.9 Å². The van der Waals surface area contributed by atoms with Crippen molar-refractivity contribution in [1.82, 2.24) is 4.90 Å². The number of aliphatic hydroxyl groups is 1. The van der Waals surface area contributed by atoms with Crippen molar-refractivity contribution in [3.8, 4) is 0 Å². The number of esters is 2. The van der Waals surface area contributed by atoms with Crippen LogP contribution < -0.4 is 0 Å². The number of nitrogens with zero attached hydrogens (tertiary/aromatic N) is 1. The Morgan fingerprint density at radius 1 is 1.07 bits per heavy atom. The molecule has 0 bridgehead atoms. The highest BCUT2D eigenvalue weighted by atomic mass is 16.5. The number of ether oxygens (including phenoxy) is 2. The lowest BCUT2D eigenvalue weighted by atomic mass is 9.68. The van der Waals surface area contributed by atoms with Gasteiger partial charge in [-0.2, -0.15) is 0 Å². The monoisotopic (exact) mass is 389 g/mol. The Kier molecular flexibility index (Phi) is 10.5. The van der Waals surface area contributed by atoms with Gasteiger partial charge in [0.25, 0.3) is 0 Å². The fourth-order valence-electron chi connectivity index (χ4n) is 2.98.